The maximum atomic E-state index is 12.2. The molecule has 1 aliphatic carbocycles. The third-order valence-corrected chi connectivity index (χ3v) is 5.30. The Morgan fingerprint density at radius 3 is 2.95 bits per heavy atom. The Balaban J connectivity index is 2.10. The maximum Gasteiger partial charge on any atom is 0.287 e. The molecule has 21 heavy (non-hydrogen) atoms. The van der Waals surface area contributed by atoms with Crippen molar-refractivity contribution in [2.24, 2.45) is 5.92 Å². The van der Waals surface area contributed by atoms with E-state index in [1.807, 2.05) is 11.8 Å². The summed E-state index contributed by atoms with van der Waals surface area (Å²) in [6.45, 7) is 4.70. The molecule has 1 aromatic rings. The van der Waals surface area contributed by atoms with E-state index in [1.165, 1.54) is 17.5 Å². The van der Waals surface area contributed by atoms with Gasteiger partial charge in [-0.1, -0.05) is 31.9 Å². The highest BCUT2D eigenvalue weighted by atomic mass is 35.5. The van der Waals surface area contributed by atoms with Crippen LogP contribution in [0.5, 0.6) is 0 Å². The van der Waals surface area contributed by atoms with Crippen molar-refractivity contribution in [3.05, 3.63) is 21.6 Å². The lowest BCUT2D eigenvalue weighted by Crippen LogP contribution is -2.31. The van der Waals surface area contributed by atoms with Crippen molar-refractivity contribution >= 4 is 29.1 Å². The van der Waals surface area contributed by atoms with Crippen molar-refractivity contribution in [2.75, 3.05) is 11.6 Å². The Morgan fingerprint density at radius 1 is 1.52 bits per heavy atom. The largest absolute Gasteiger partial charge is 0.380 e. The minimum atomic E-state index is -0.201. The van der Waals surface area contributed by atoms with Crippen LogP contribution in [0.2, 0.25) is 5.02 Å². The summed E-state index contributed by atoms with van der Waals surface area (Å²) in [5.41, 5.74) is 0.473. The van der Waals surface area contributed by atoms with E-state index < -0.39 is 0 Å². The fraction of sp³-hybridized carbons (Fsp3) is 0.733. The highest BCUT2D eigenvalue weighted by Gasteiger charge is 2.22. The van der Waals surface area contributed by atoms with Gasteiger partial charge >= 0.3 is 0 Å². The topological polar surface area (TPSA) is 46.9 Å². The zero-order valence-corrected chi connectivity index (χ0v) is 14.5. The molecule has 1 N–H and O–H groups in total. The van der Waals surface area contributed by atoms with Crippen LogP contribution in [0.15, 0.2) is 11.0 Å². The minimum Gasteiger partial charge on any atom is -0.380 e. The average Bonchev–Trinajstić information content (AvgIpc) is 2.47. The lowest BCUT2D eigenvalue weighted by Gasteiger charge is -2.29. The van der Waals surface area contributed by atoms with Gasteiger partial charge in [0.05, 0.1) is 11.9 Å². The monoisotopic (exact) mass is 329 g/mol. The fourth-order valence-corrected chi connectivity index (χ4v) is 3.78. The number of nitrogens with zero attached hydrogens (tertiary/aromatic N) is 2. The molecule has 0 amide bonds. The molecule has 118 valence electrons. The van der Waals surface area contributed by atoms with Gasteiger partial charge in [0, 0.05) is 17.8 Å². The van der Waals surface area contributed by atoms with Crippen LogP contribution in [-0.2, 0) is 6.54 Å². The number of halogens is 1. The van der Waals surface area contributed by atoms with Crippen molar-refractivity contribution in [1.29, 1.82) is 0 Å². The van der Waals surface area contributed by atoms with Crippen LogP contribution >= 0.6 is 23.4 Å². The number of thioether (sulfide) groups is 1. The van der Waals surface area contributed by atoms with Gasteiger partial charge < -0.3 is 5.32 Å². The van der Waals surface area contributed by atoms with Gasteiger partial charge in [0.25, 0.3) is 5.56 Å². The first-order valence-electron chi connectivity index (χ1n) is 7.56. The predicted octanol–water partition coefficient (Wildman–Crippen LogP) is 3.64. The molecule has 4 nitrogen and oxygen atoms in total. The van der Waals surface area contributed by atoms with Crippen molar-refractivity contribution in [3.8, 4) is 0 Å². The summed E-state index contributed by atoms with van der Waals surface area (Å²) >= 11 is 8.15. The van der Waals surface area contributed by atoms with E-state index >= 15 is 0 Å². The van der Waals surface area contributed by atoms with E-state index in [-0.39, 0.29) is 10.6 Å². The summed E-state index contributed by atoms with van der Waals surface area (Å²) in [5, 5.41) is 8.61. The molecule has 6 heteroatoms. The first-order valence-corrected chi connectivity index (χ1v) is 9.22. The van der Waals surface area contributed by atoms with Crippen molar-refractivity contribution in [1.82, 2.24) is 9.78 Å². The van der Waals surface area contributed by atoms with Gasteiger partial charge in [-0.15, -0.1) is 0 Å². The first kappa shape index (κ1) is 16.7. The number of anilines is 1. The van der Waals surface area contributed by atoms with Crippen LogP contribution in [0.3, 0.4) is 0 Å². The van der Waals surface area contributed by atoms with Gasteiger partial charge in [0.2, 0.25) is 0 Å². The van der Waals surface area contributed by atoms with Crippen molar-refractivity contribution in [2.45, 2.75) is 57.4 Å². The number of hydrogen-bond donors (Lipinski definition) is 1. The number of aromatic nitrogens is 2. The highest BCUT2D eigenvalue weighted by molar-refractivity contribution is 7.99. The van der Waals surface area contributed by atoms with Gasteiger partial charge in [-0.25, -0.2) is 4.68 Å². The Labute approximate surface area is 135 Å². The molecular weight excluding hydrogens is 306 g/mol. The quantitative estimate of drug-likeness (QED) is 0.896. The van der Waals surface area contributed by atoms with E-state index in [4.69, 9.17) is 11.6 Å². The molecule has 0 bridgehead atoms. The Bertz CT molecular complexity index is 532. The molecule has 2 rings (SSSR count). The van der Waals surface area contributed by atoms with E-state index in [2.05, 4.69) is 30.5 Å². The lowest BCUT2D eigenvalue weighted by atomic mass is 9.95. The normalized spacial score (nSPS) is 22.5. The van der Waals surface area contributed by atoms with E-state index in [0.717, 1.165) is 12.8 Å². The zero-order chi connectivity index (χ0) is 15.4. The van der Waals surface area contributed by atoms with E-state index in [9.17, 15) is 4.79 Å². The highest BCUT2D eigenvalue weighted by Crippen LogP contribution is 2.29. The molecule has 1 saturated carbocycles. The summed E-state index contributed by atoms with van der Waals surface area (Å²) in [4.78, 5) is 12.2. The third kappa shape index (κ3) is 4.39. The molecule has 2 unspecified atom stereocenters. The predicted molar refractivity (Wildman–Crippen MR) is 91.5 cm³/mol. The van der Waals surface area contributed by atoms with Crippen LogP contribution in [0.25, 0.3) is 0 Å². The Kier molecular flexibility index (Phi) is 5.99. The zero-order valence-electron chi connectivity index (χ0n) is 12.9. The fourth-order valence-electron chi connectivity index (χ4n) is 2.75. The van der Waals surface area contributed by atoms with Gasteiger partial charge in [0.15, 0.2) is 0 Å². The van der Waals surface area contributed by atoms with Crippen LogP contribution in [-0.4, -0.2) is 27.3 Å². The summed E-state index contributed by atoms with van der Waals surface area (Å²) in [7, 11) is 0. The molecule has 0 radical (unpaired) electrons. The van der Waals surface area contributed by atoms with Crippen molar-refractivity contribution < 1.29 is 0 Å². The second-order valence-corrected chi connectivity index (χ2v) is 7.63. The second-order valence-electron chi connectivity index (χ2n) is 6.12. The maximum absolute atomic E-state index is 12.2. The Hall–Kier alpha value is -0.680. The lowest BCUT2D eigenvalue weighted by molar-refractivity contribution is 0.460. The molecule has 1 heterocycles. The molecule has 2 atom stereocenters. The molecular formula is C15H24ClN3OS. The van der Waals surface area contributed by atoms with Crippen LogP contribution in [0.1, 0.15) is 39.5 Å². The first-order chi connectivity index (χ1) is 10.0. The van der Waals surface area contributed by atoms with Crippen LogP contribution < -0.4 is 10.9 Å². The van der Waals surface area contributed by atoms with Crippen LogP contribution in [0.4, 0.5) is 5.69 Å². The van der Waals surface area contributed by atoms with Gasteiger partial charge in [-0.05, 0) is 31.4 Å². The molecule has 0 aliphatic heterocycles. The molecule has 1 aromatic heterocycles. The molecule has 0 aromatic carbocycles. The van der Waals surface area contributed by atoms with E-state index in [0.29, 0.717) is 29.4 Å². The number of rotatable bonds is 5. The van der Waals surface area contributed by atoms with E-state index in [1.54, 1.807) is 6.20 Å². The third-order valence-electron chi connectivity index (χ3n) is 3.84. The summed E-state index contributed by atoms with van der Waals surface area (Å²) in [5.74, 6) is 0.366. The standard InChI is InChI=1S/C15H24ClN3OS/c1-10(2)9-19-15(20)14(16)13(8-17-19)18-11-5-4-6-12(7-11)21-3/h8,10-12,18H,4-7,9H2,1-3H3. The van der Waals surface area contributed by atoms with Gasteiger partial charge in [-0.3, -0.25) is 4.79 Å². The summed E-state index contributed by atoms with van der Waals surface area (Å²) in [6, 6.07) is 0.385. The smallest absolute Gasteiger partial charge is 0.287 e. The van der Waals surface area contributed by atoms with Crippen molar-refractivity contribution in [3.63, 3.8) is 0 Å². The average molecular weight is 330 g/mol. The molecule has 0 saturated heterocycles. The molecule has 0 spiro atoms. The molecule has 1 fully saturated rings. The number of nitrogens with one attached hydrogen (secondary N) is 1. The van der Waals surface area contributed by atoms with Crippen LogP contribution in [0, 0.1) is 5.92 Å². The number of hydrogen-bond acceptors (Lipinski definition) is 4. The summed E-state index contributed by atoms with van der Waals surface area (Å²) in [6.07, 6.45) is 8.60. The second kappa shape index (κ2) is 7.54. The minimum absolute atomic E-state index is 0.201. The summed E-state index contributed by atoms with van der Waals surface area (Å²) < 4.78 is 1.45. The van der Waals surface area contributed by atoms with Gasteiger partial charge in [0.1, 0.15) is 5.02 Å². The SMILES string of the molecule is CSC1CCCC(Nc2cnn(CC(C)C)c(=O)c2Cl)C1. The Morgan fingerprint density at radius 2 is 2.29 bits per heavy atom. The van der Waals surface area contributed by atoms with Gasteiger partial charge in [-0.2, -0.15) is 16.9 Å². The molecule has 1 aliphatic rings.